The summed E-state index contributed by atoms with van der Waals surface area (Å²) in [6, 6.07) is 0.368. The summed E-state index contributed by atoms with van der Waals surface area (Å²) in [5, 5.41) is 7.11. The molecule has 0 spiro atoms. The van der Waals surface area contributed by atoms with Gasteiger partial charge in [-0.1, -0.05) is 25.4 Å². The summed E-state index contributed by atoms with van der Waals surface area (Å²) >= 11 is 0. The molecule has 2 atom stereocenters. The first-order chi connectivity index (χ1) is 12.0. The smallest absolute Gasteiger partial charge is 0.243 e. The maximum absolute atomic E-state index is 12.0. The van der Waals surface area contributed by atoms with E-state index in [0.717, 1.165) is 57.7 Å². The fraction of sp³-hybridized carbons (Fsp3) is 0.833. The summed E-state index contributed by atoms with van der Waals surface area (Å²) in [6.07, 6.45) is 4.06. The van der Waals surface area contributed by atoms with Gasteiger partial charge in [-0.05, 0) is 26.7 Å². The van der Waals surface area contributed by atoms with E-state index in [1.54, 1.807) is 0 Å². The van der Waals surface area contributed by atoms with Crippen LogP contribution in [0.2, 0.25) is 0 Å². The normalized spacial score (nSPS) is 18.9. The summed E-state index contributed by atoms with van der Waals surface area (Å²) in [4.78, 5) is 21.1. The molecule has 1 fully saturated rings. The van der Waals surface area contributed by atoms with E-state index in [4.69, 9.17) is 4.52 Å². The Morgan fingerprint density at radius 2 is 1.96 bits per heavy atom. The summed E-state index contributed by atoms with van der Waals surface area (Å²) in [7, 11) is 0. The van der Waals surface area contributed by atoms with Gasteiger partial charge in [-0.25, -0.2) is 0 Å². The van der Waals surface area contributed by atoms with Gasteiger partial charge >= 0.3 is 0 Å². The lowest BCUT2D eigenvalue weighted by Crippen LogP contribution is -2.50. The van der Waals surface area contributed by atoms with Crippen molar-refractivity contribution in [3.63, 3.8) is 0 Å². The third kappa shape index (κ3) is 6.08. The molecular formula is C18H33N5O2. The molecule has 0 aromatic carbocycles. The molecule has 2 heterocycles. The zero-order valence-electron chi connectivity index (χ0n) is 16.1. The van der Waals surface area contributed by atoms with Crippen LogP contribution in [0.15, 0.2) is 4.52 Å². The van der Waals surface area contributed by atoms with Crippen molar-refractivity contribution < 1.29 is 9.32 Å². The van der Waals surface area contributed by atoms with E-state index < -0.39 is 0 Å². The molecule has 2 unspecified atom stereocenters. The highest BCUT2D eigenvalue weighted by Gasteiger charge is 2.26. The fourth-order valence-electron chi connectivity index (χ4n) is 2.96. The second-order valence-corrected chi connectivity index (χ2v) is 7.02. The van der Waals surface area contributed by atoms with Crippen molar-refractivity contribution in [1.82, 2.24) is 25.3 Å². The first kappa shape index (κ1) is 19.8. The van der Waals surface area contributed by atoms with Gasteiger partial charge in [0.05, 0.1) is 12.6 Å². The Morgan fingerprint density at radius 1 is 1.24 bits per heavy atom. The molecule has 0 radical (unpaired) electrons. The lowest BCUT2D eigenvalue weighted by molar-refractivity contribution is -0.123. The Balaban J connectivity index is 1.77. The number of rotatable bonds is 9. The molecular weight excluding hydrogens is 318 g/mol. The Kier molecular flexibility index (Phi) is 7.84. The maximum Gasteiger partial charge on any atom is 0.243 e. The summed E-state index contributed by atoms with van der Waals surface area (Å²) in [5.41, 5.74) is 0. The minimum atomic E-state index is 0.119. The fourth-order valence-corrected chi connectivity index (χ4v) is 2.96. The lowest BCUT2D eigenvalue weighted by Gasteiger charge is -2.36. The zero-order chi connectivity index (χ0) is 18.2. The largest absolute Gasteiger partial charge is 0.353 e. The van der Waals surface area contributed by atoms with Crippen LogP contribution in [0, 0.1) is 0 Å². The second kappa shape index (κ2) is 9.87. The quantitative estimate of drug-likeness (QED) is 0.733. The standard InChI is InChI=1S/C18H33N5O2/c1-5-7-8-16-20-18(25-21-16)15(4)23-11-9-22(10-12-23)13-17(24)19-14(3)6-2/h14-15H,5-13H2,1-4H3,(H,19,24). The van der Waals surface area contributed by atoms with E-state index in [1.807, 2.05) is 6.92 Å². The predicted molar refractivity (Wildman–Crippen MR) is 97.2 cm³/mol. The number of nitrogens with zero attached hydrogens (tertiary/aromatic N) is 4. The molecule has 1 aromatic rings. The Labute approximate surface area is 151 Å². The molecule has 25 heavy (non-hydrogen) atoms. The third-order valence-corrected chi connectivity index (χ3v) is 4.94. The highest BCUT2D eigenvalue weighted by atomic mass is 16.5. The van der Waals surface area contributed by atoms with E-state index >= 15 is 0 Å². The third-order valence-electron chi connectivity index (χ3n) is 4.94. The van der Waals surface area contributed by atoms with E-state index in [9.17, 15) is 4.79 Å². The number of hydrogen-bond acceptors (Lipinski definition) is 6. The number of hydrogen-bond donors (Lipinski definition) is 1. The topological polar surface area (TPSA) is 74.5 Å². The number of carbonyl (C=O) groups excluding carboxylic acids is 1. The van der Waals surface area contributed by atoms with Crippen LogP contribution in [0.3, 0.4) is 0 Å². The summed E-state index contributed by atoms with van der Waals surface area (Å²) in [6.45, 7) is 12.5. The van der Waals surface area contributed by atoms with Crippen molar-refractivity contribution in [3.05, 3.63) is 11.7 Å². The minimum Gasteiger partial charge on any atom is -0.353 e. The second-order valence-electron chi connectivity index (χ2n) is 7.02. The van der Waals surface area contributed by atoms with Crippen molar-refractivity contribution in [2.24, 2.45) is 0 Å². The van der Waals surface area contributed by atoms with Crippen molar-refractivity contribution in [1.29, 1.82) is 0 Å². The number of piperazine rings is 1. The number of aromatic nitrogens is 2. The summed E-state index contributed by atoms with van der Waals surface area (Å²) < 4.78 is 5.44. The molecule has 0 aliphatic carbocycles. The van der Waals surface area contributed by atoms with Gasteiger partial charge in [-0.2, -0.15) is 4.98 Å². The van der Waals surface area contributed by atoms with Crippen molar-refractivity contribution >= 4 is 5.91 Å². The molecule has 142 valence electrons. The van der Waals surface area contributed by atoms with Crippen molar-refractivity contribution in [3.8, 4) is 0 Å². The molecule has 0 saturated carbocycles. The Hall–Kier alpha value is -1.47. The van der Waals surface area contributed by atoms with Crippen LogP contribution in [0.1, 0.15) is 64.7 Å². The van der Waals surface area contributed by atoms with Crippen molar-refractivity contribution in [2.75, 3.05) is 32.7 Å². The predicted octanol–water partition coefficient (Wildman–Crippen LogP) is 2.01. The van der Waals surface area contributed by atoms with Gasteiger partial charge in [0.1, 0.15) is 0 Å². The number of nitrogens with one attached hydrogen (secondary N) is 1. The molecule has 1 aliphatic rings. The monoisotopic (exact) mass is 351 g/mol. The number of unbranched alkanes of at least 4 members (excludes halogenated alkanes) is 1. The number of aryl methyl sites for hydroxylation is 1. The Bertz CT molecular complexity index is 525. The van der Waals surface area contributed by atoms with Crippen LogP contribution in [0.25, 0.3) is 0 Å². The molecule has 7 nitrogen and oxygen atoms in total. The number of carbonyl (C=O) groups is 1. The maximum atomic E-state index is 12.0. The van der Waals surface area contributed by atoms with E-state index in [-0.39, 0.29) is 18.0 Å². The molecule has 1 aromatic heterocycles. The SMILES string of the molecule is CCCCc1noc(C(C)N2CCN(CC(=O)NC(C)CC)CC2)n1. The zero-order valence-corrected chi connectivity index (χ0v) is 16.1. The first-order valence-corrected chi connectivity index (χ1v) is 9.61. The summed E-state index contributed by atoms with van der Waals surface area (Å²) in [5.74, 6) is 1.63. The molecule has 7 heteroatoms. The van der Waals surface area contributed by atoms with Gasteiger partial charge in [0, 0.05) is 38.6 Å². The average molecular weight is 351 g/mol. The van der Waals surface area contributed by atoms with E-state index in [1.165, 1.54) is 0 Å². The van der Waals surface area contributed by atoms with Crippen LogP contribution in [-0.4, -0.2) is 64.6 Å². The van der Waals surface area contributed by atoms with Gasteiger partial charge in [-0.15, -0.1) is 0 Å². The van der Waals surface area contributed by atoms with Crippen molar-refractivity contribution in [2.45, 2.75) is 65.5 Å². The van der Waals surface area contributed by atoms with E-state index in [0.29, 0.717) is 12.4 Å². The van der Waals surface area contributed by atoms with Crippen LogP contribution in [-0.2, 0) is 11.2 Å². The average Bonchev–Trinajstić information content (AvgIpc) is 3.08. The van der Waals surface area contributed by atoms with E-state index in [2.05, 4.69) is 46.0 Å². The highest BCUT2D eigenvalue weighted by molar-refractivity contribution is 5.78. The lowest BCUT2D eigenvalue weighted by atomic mass is 10.2. The van der Waals surface area contributed by atoms with Crippen LogP contribution in [0.5, 0.6) is 0 Å². The van der Waals surface area contributed by atoms with Gasteiger partial charge in [0.2, 0.25) is 11.8 Å². The molecule has 2 rings (SSSR count). The first-order valence-electron chi connectivity index (χ1n) is 9.61. The van der Waals surface area contributed by atoms with Gasteiger partial charge in [0.25, 0.3) is 0 Å². The van der Waals surface area contributed by atoms with Crippen LogP contribution < -0.4 is 5.32 Å². The van der Waals surface area contributed by atoms with Gasteiger partial charge < -0.3 is 9.84 Å². The van der Waals surface area contributed by atoms with Gasteiger partial charge in [0.15, 0.2) is 5.82 Å². The number of amides is 1. The van der Waals surface area contributed by atoms with Crippen LogP contribution in [0.4, 0.5) is 0 Å². The minimum absolute atomic E-state index is 0.119. The Morgan fingerprint density at radius 3 is 2.60 bits per heavy atom. The molecule has 1 aliphatic heterocycles. The molecule has 1 N–H and O–H groups in total. The highest BCUT2D eigenvalue weighted by Crippen LogP contribution is 2.20. The van der Waals surface area contributed by atoms with Gasteiger partial charge in [-0.3, -0.25) is 14.6 Å². The molecule has 1 amide bonds. The molecule has 1 saturated heterocycles. The van der Waals surface area contributed by atoms with Crippen LogP contribution >= 0.6 is 0 Å². The molecule has 0 bridgehead atoms.